The first-order chi connectivity index (χ1) is 16.1. The molecule has 0 atom stereocenters. The Labute approximate surface area is 207 Å². The first-order valence-electron chi connectivity index (χ1n) is 11.7. The predicted octanol–water partition coefficient (Wildman–Crippen LogP) is 3.53. The number of carbonyl (C=O) groups excluding carboxylic acids is 1. The molecular weight excluding hydrogens is 474 g/mol. The van der Waals surface area contributed by atoms with E-state index in [1.54, 1.807) is 35.5 Å². The van der Waals surface area contributed by atoms with E-state index in [-0.39, 0.29) is 18.5 Å². The van der Waals surface area contributed by atoms with Gasteiger partial charge in [-0.15, -0.1) is 0 Å². The molecular formula is C24H32ClN5O3S. The summed E-state index contributed by atoms with van der Waals surface area (Å²) in [6, 6.07) is 5.48. The molecule has 10 heteroatoms. The summed E-state index contributed by atoms with van der Waals surface area (Å²) in [6.45, 7) is 6.74. The van der Waals surface area contributed by atoms with Gasteiger partial charge in [0.25, 0.3) is 5.91 Å². The van der Waals surface area contributed by atoms with Crippen molar-refractivity contribution in [1.82, 2.24) is 19.8 Å². The Morgan fingerprint density at radius 2 is 1.79 bits per heavy atom. The van der Waals surface area contributed by atoms with Gasteiger partial charge < -0.3 is 4.90 Å². The lowest BCUT2D eigenvalue weighted by Gasteiger charge is -2.30. The summed E-state index contributed by atoms with van der Waals surface area (Å²) in [5.74, 6) is 1.04. The van der Waals surface area contributed by atoms with Gasteiger partial charge in [-0.25, -0.2) is 18.4 Å². The maximum Gasteiger partial charge on any atom is 0.257 e. The molecule has 1 fully saturated rings. The van der Waals surface area contributed by atoms with Crippen molar-refractivity contribution < 1.29 is 13.2 Å². The fourth-order valence-electron chi connectivity index (χ4n) is 4.30. The molecule has 2 aliphatic rings. The molecule has 184 valence electrons. The Balaban J connectivity index is 1.70. The molecule has 0 saturated heterocycles. The number of sulfonamides is 1. The number of rotatable bonds is 4. The van der Waals surface area contributed by atoms with Crippen molar-refractivity contribution in [3.63, 3.8) is 0 Å². The van der Waals surface area contributed by atoms with Gasteiger partial charge in [-0.3, -0.25) is 14.0 Å². The minimum absolute atomic E-state index is 0.169. The van der Waals surface area contributed by atoms with Gasteiger partial charge in [-0.2, -0.15) is 0 Å². The van der Waals surface area contributed by atoms with Crippen molar-refractivity contribution in [2.24, 2.45) is 0 Å². The molecule has 0 bridgehead atoms. The number of benzene rings is 1. The van der Waals surface area contributed by atoms with Crippen LogP contribution in [0.2, 0.25) is 5.02 Å². The van der Waals surface area contributed by atoms with Gasteiger partial charge in [0.1, 0.15) is 5.82 Å². The third-order valence-corrected chi connectivity index (χ3v) is 7.84. The van der Waals surface area contributed by atoms with Crippen LogP contribution >= 0.6 is 11.6 Å². The molecule has 0 radical (unpaired) electrons. The summed E-state index contributed by atoms with van der Waals surface area (Å²) in [5, 5.41) is 0.452. The molecule has 0 spiro atoms. The highest BCUT2D eigenvalue weighted by molar-refractivity contribution is 7.92. The molecule has 0 unspecified atom stereocenters. The zero-order valence-electron chi connectivity index (χ0n) is 19.9. The van der Waals surface area contributed by atoms with Gasteiger partial charge in [-0.1, -0.05) is 17.7 Å². The van der Waals surface area contributed by atoms with E-state index in [1.165, 1.54) is 10.6 Å². The predicted molar refractivity (Wildman–Crippen MR) is 134 cm³/mol. The number of carbonyl (C=O) groups is 1. The fraction of sp³-hybridized carbons (Fsp3) is 0.542. The fourth-order valence-corrected chi connectivity index (χ4v) is 5.46. The zero-order chi connectivity index (χ0) is 24.5. The average Bonchev–Trinajstić information content (AvgIpc) is 3.62. The number of anilines is 1. The molecule has 1 aromatic carbocycles. The number of hydrogen-bond acceptors (Lipinski definition) is 6. The second-order valence-electron chi connectivity index (χ2n) is 9.42. The highest BCUT2D eigenvalue weighted by Gasteiger charge is 2.28. The monoisotopic (exact) mass is 505 g/mol. The maximum absolute atomic E-state index is 13.5. The lowest BCUT2D eigenvalue weighted by Crippen LogP contribution is -2.41. The summed E-state index contributed by atoms with van der Waals surface area (Å²) in [4.78, 5) is 26.4. The minimum atomic E-state index is -3.54. The second kappa shape index (κ2) is 10.2. The number of fused-ring (bicyclic) bond motifs is 1. The van der Waals surface area contributed by atoms with E-state index in [0.717, 1.165) is 30.8 Å². The van der Waals surface area contributed by atoms with Crippen molar-refractivity contribution >= 4 is 33.2 Å². The highest BCUT2D eigenvalue weighted by Crippen LogP contribution is 2.37. The topological polar surface area (TPSA) is 86.7 Å². The van der Waals surface area contributed by atoms with Crippen LogP contribution in [-0.2, 0) is 16.6 Å². The van der Waals surface area contributed by atoms with Crippen molar-refractivity contribution in [2.75, 3.05) is 36.7 Å². The van der Waals surface area contributed by atoms with Crippen molar-refractivity contribution in [3.05, 3.63) is 52.6 Å². The van der Waals surface area contributed by atoms with Crippen LogP contribution < -0.4 is 4.31 Å². The largest absolute Gasteiger partial charge is 0.333 e. The number of hydrogen-bond donors (Lipinski definition) is 0. The molecule has 4 rings (SSSR count). The van der Waals surface area contributed by atoms with E-state index in [2.05, 4.69) is 28.7 Å². The molecule has 1 aliphatic heterocycles. The standard InChI is InChI=1S/C24H32ClN5O3S/c1-17(2)28-9-4-10-30(34(3,32)33)22-13-21(25)8-7-19(22)16-29(12-11-28)24(31)20-14-26-23(27-15-20)18-5-6-18/h7-8,13-15,17-18H,4-6,9-12,16H2,1-3H3. The summed E-state index contributed by atoms with van der Waals surface area (Å²) in [5.41, 5.74) is 1.69. The number of nitrogens with zero attached hydrogens (tertiary/aromatic N) is 5. The highest BCUT2D eigenvalue weighted by atomic mass is 35.5. The van der Waals surface area contributed by atoms with Gasteiger partial charge in [0, 0.05) is 62.1 Å². The molecule has 0 N–H and O–H groups in total. The summed E-state index contributed by atoms with van der Waals surface area (Å²) >= 11 is 6.27. The summed E-state index contributed by atoms with van der Waals surface area (Å²) in [7, 11) is -3.54. The van der Waals surface area contributed by atoms with Gasteiger partial charge in [-0.05, 0) is 50.8 Å². The molecule has 2 heterocycles. The average molecular weight is 506 g/mol. The molecule has 1 saturated carbocycles. The van der Waals surface area contributed by atoms with Crippen LogP contribution in [0.5, 0.6) is 0 Å². The Kier molecular flexibility index (Phi) is 7.45. The second-order valence-corrected chi connectivity index (χ2v) is 11.8. The van der Waals surface area contributed by atoms with Crippen molar-refractivity contribution in [3.8, 4) is 0 Å². The van der Waals surface area contributed by atoms with Crippen LogP contribution in [0.1, 0.15) is 60.8 Å². The zero-order valence-corrected chi connectivity index (χ0v) is 21.5. The smallest absolute Gasteiger partial charge is 0.257 e. The van der Waals surface area contributed by atoms with Gasteiger partial charge >= 0.3 is 0 Å². The van der Waals surface area contributed by atoms with Crippen LogP contribution in [0.3, 0.4) is 0 Å². The molecule has 2 aromatic rings. The van der Waals surface area contributed by atoms with Crippen molar-refractivity contribution in [1.29, 1.82) is 0 Å². The third kappa shape index (κ3) is 5.87. The SMILES string of the molecule is CC(C)N1CCCN(S(C)(=O)=O)c2cc(Cl)ccc2CN(C(=O)c2cnc(C3CC3)nc2)CC1. The first kappa shape index (κ1) is 24.9. The Morgan fingerprint density at radius 1 is 1.09 bits per heavy atom. The Bertz CT molecular complexity index is 1140. The first-order valence-corrected chi connectivity index (χ1v) is 14.0. The van der Waals surface area contributed by atoms with E-state index in [9.17, 15) is 13.2 Å². The Hall–Kier alpha value is -2.23. The quantitative estimate of drug-likeness (QED) is 0.631. The van der Waals surface area contributed by atoms with E-state index in [1.807, 2.05) is 0 Å². The van der Waals surface area contributed by atoms with Crippen LogP contribution in [-0.4, -0.2) is 72.6 Å². The van der Waals surface area contributed by atoms with E-state index >= 15 is 0 Å². The maximum atomic E-state index is 13.5. The summed E-state index contributed by atoms with van der Waals surface area (Å²) < 4.78 is 26.9. The number of aromatic nitrogens is 2. The molecule has 1 aromatic heterocycles. The van der Waals surface area contributed by atoms with Gasteiger partial charge in [0.15, 0.2) is 0 Å². The van der Waals surface area contributed by atoms with Gasteiger partial charge in [0.2, 0.25) is 10.0 Å². The molecule has 8 nitrogen and oxygen atoms in total. The van der Waals surface area contributed by atoms with Crippen LogP contribution in [0.25, 0.3) is 0 Å². The van der Waals surface area contributed by atoms with Crippen molar-refractivity contribution in [2.45, 2.75) is 51.6 Å². The molecule has 1 aliphatic carbocycles. The molecule has 34 heavy (non-hydrogen) atoms. The summed E-state index contributed by atoms with van der Waals surface area (Å²) in [6.07, 6.45) is 7.29. The van der Waals surface area contributed by atoms with Crippen LogP contribution in [0, 0.1) is 0 Å². The van der Waals surface area contributed by atoms with E-state index < -0.39 is 10.0 Å². The number of halogens is 1. The molecule has 1 amide bonds. The van der Waals surface area contributed by atoms with E-state index in [0.29, 0.717) is 48.2 Å². The van der Waals surface area contributed by atoms with Crippen LogP contribution in [0.4, 0.5) is 5.69 Å². The minimum Gasteiger partial charge on any atom is -0.333 e. The lowest BCUT2D eigenvalue weighted by atomic mass is 10.1. The van der Waals surface area contributed by atoms with Crippen LogP contribution in [0.15, 0.2) is 30.6 Å². The van der Waals surface area contributed by atoms with E-state index in [4.69, 9.17) is 11.6 Å². The Morgan fingerprint density at radius 3 is 2.41 bits per heavy atom. The van der Waals surface area contributed by atoms with Gasteiger partial charge in [0.05, 0.1) is 17.5 Å². The number of amides is 1. The normalized spacial score (nSPS) is 18.5. The third-order valence-electron chi connectivity index (χ3n) is 6.42. The lowest BCUT2D eigenvalue weighted by molar-refractivity contribution is 0.0711.